The monoisotopic (exact) mass is 887 g/mol. The van der Waals surface area contributed by atoms with Gasteiger partial charge in [0.15, 0.2) is 52.2 Å². The molecule has 1 aliphatic heterocycles. The van der Waals surface area contributed by atoms with Crippen molar-refractivity contribution in [2.75, 3.05) is 15.4 Å². The largest absolute Gasteiger partial charge is 0.258 e. The van der Waals surface area contributed by atoms with Crippen molar-refractivity contribution in [3.05, 3.63) is 197 Å². The Morgan fingerprint density at radius 2 is 0.902 bits per heavy atom. The molecule has 0 saturated carbocycles. The van der Waals surface area contributed by atoms with E-state index in [-0.39, 0.29) is 11.4 Å². The number of rotatable bonds is 6. The molecule has 0 saturated heterocycles. The minimum atomic E-state index is -10.7. The van der Waals surface area contributed by atoms with E-state index in [2.05, 4.69) is 21.8 Å². The molecule has 0 aromatic heterocycles. The molecule has 1 heterocycles. The number of hydrogen-bond acceptors (Lipinski definition) is 5. The van der Waals surface area contributed by atoms with Crippen molar-refractivity contribution in [3.63, 3.8) is 0 Å². The predicted octanol–water partition coefficient (Wildman–Crippen LogP) is 14.4. The van der Waals surface area contributed by atoms with Gasteiger partial charge in [-0.2, -0.15) is 0 Å². The Hall–Kier alpha value is -6.97. The quantitative estimate of drug-likeness (QED) is 0.0575. The number of benzene rings is 6. The molecular weight excluding hydrogens is 861 g/mol. The van der Waals surface area contributed by atoms with Gasteiger partial charge in [0, 0.05) is 17.3 Å². The Kier molecular flexibility index (Phi) is 14.5. The second-order valence-corrected chi connectivity index (χ2v) is 13.7. The average molecular weight is 888 g/mol. The topological polar surface area (TPSA) is 55.3 Å². The zero-order valence-corrected chi connectivity index (χ0v) is 31.3. The minimum absolute atomic E-state index is 0.322. The first-order valence-electron chi connectivity index (χ1n) is 16.7. The third kappa shape index (κ3) is 14.7. The number of nitrogens with one attached hydrogen (secondary N) is 2. The second-order valence-electron chi connectivity index (χ2n) is 11.8. The molecule has 0 aliphatic carbocycles. The molecule has 61 heavy (non-hydrogen) atoms. The summed E-state index contributed by atoms with van der Waals surface area (Å²) in [5, 5.41) is 8.55. The minimum Gasteiger partial charge on any atom is -0.258 e. The second kappa shape index (κ2) is 19.0. The zero-order chi connectivity index (χ0) is 45.0. The van der Waals surface area contributed by atoms with Gasteiger partial charge in [-0.15, -0.1) is 17.1 Å². The summed E-state index contributed by atoms with van der Waals surface area (Å²) in [6.07, 6.45) is 6.48. The molecule has 6 nitrogen and oxygen atoms in total. The molecule has 21 heteroatoms. The molecule has 0 bridgehead atoms. The molecule has 1 aliphatic rings. The summed E-state index contributed by atoms with van der Waals surface area (Å²) < 4.78 is 169. The summed E-state index contributed by atoms with van der Waals surface area (Å²) >= 11 is 0. The zero-order valence-electron chi connectivity index (χ0n) is 30.4. The van der Waals surface area contributed by atoms with Crippen molar-refractivity contribution in [1.29, 1.82) is 0 Å². The molecular formula is C40H26F14N6P-. The van der Waals surface area contributed by atoms with Gasteiger partial charge in [0.05, 0.1) is 5.70 Å². The van der Waals surface area contributed by atoms with E-state index >= 15 is 0 Å². The maximum Gasteiger partial charge on any atom is 0.159 e. The fourth-order valence-electron chi connectivity index (χ4n) is 4.74. The normalized spacial score (nSPS) is 13.2. The van der Waals surface area contributed by atoms with E-state index in [9.17, 15) is 60.3 Å². The number of nitrogens with zero attached hydrogens (tertiary/aromatic N) is 4. The Labute approximate surface area is 337 Å². The molecule has 6 aromatic rings. The number of hydrogen-bond donors (Lipinski definition) is 2. The van der Waals surface area contributed by atoms with Crippen molar-refractivity contribution < 1.29 is 60.3 Å². The maximum atomic E-state index is 14.4. The van der Waals surface area contributed by atoms with Gasteiger partial charge in [-0.05, 0) is 60.7 Å². The smallest absolute Gasteiger partial charge is 0.159 e. The van der Waals surface area contributed by atoms with Crippen LogP contribution in [0.25, 0.3) is 5.70 Å². The summed E-state index contributed by atoms with van der Waals surface area (Å²) in [7, 11) is -10.7. The molecule has 2 N–H and O–H groups in total. The summed E-state index contributed by atoms with van der Waals surface area (Å²) in [6.45, 7) is 0. The first-order valence-corrected chi connectivity index (χ1v) is 18.7. The van der Waals surface area contributed by atoms with E-state index in [0.29, 0.717) is 11.3 Å². The van der Waals surface area contributed by atoms with E-state index in [0.717, 1.165) is 70.2 Å². The predicted molar refractivity (Wildman–Crippen MR) is 204 cm³/mol. The number of halogens is 14. The van der Waals surface area contributed by atoms with Gasteiger partial charge in [-0.1, -0.05) is 83.9 Å². The van der Waals surface area contributed by atoms with Crippen LogP contribution >= 0.6 is 7.81 Å². The Bertz CT molecular complexity index is 2460. The van der Waals surface area contributed by atoms with Crippen LogP contribution in [0.3, 0.4) is 0 Å². The van der Waals surface area contributed by atoms with Crippen molar-refractivity contribution >= 4 is 36.3 Å². The molecule has 0 radical (unpaired) electrons. The molecule has 0 fully saturated rings. The maximum absolute atomic E-state index is 14.4. The standard InChI is InChI=1S/C20H13F4N3.C12H7F4N3.C8H6.F6P/c21-14-8-4-9-15(22)19(14)26-12-18(13-6-2-1-3-7-13)27(25-26)20-16(23)10-5-11-17(20)24;13-7-3-1-4-8(14)11(7)17-19-18-12-9(15)5-2-6-10(12)16;1-2-8-6-4-3-5-7-8;1-7(2,3,4,5)6/h1-12,25H;1-6H,(H,17,18);1,3-7H;/q;;;-1. The van der Waals surface area contributed by atoms with E-state index < -0.39 is 65.7 Å². The number of terminal acetylenes is 1. The van der Waals surface area contributed by atoms with Gasteiger partial charge in [-0.3, -0.25) is 15.4 Å². The molecule has 0 amide bonds. The Balaban J connectivity index is 0.000000207. The van der Waals surface area contributed by atoms with Crippen LogP contribution in [0.1, 0.15) is 11.1 Å². The van der Waals surface area contributed by atoms with E-state index in [4.69, 9.17) is 6.42 Å². The van der Waals surface area contributed by atoms with Gasteiger partial charge < -0.3 is 0 Å². The first-order chi connectivity index (χ1) is 28.5. The van der Waals surface area contributed by atoms with Crippen LogP contribution in [0.4, 0.5) is 83.1 Å². The van der Waals surface area contributed by atoms with Gasteiger partial charge >= 0.3 is 33.0 Å². The SMILES string of the molecule is C#Cc1ccccc1.F[P-](F)(F)(F)(F)F.Fc1cccc(F)c1N1C=C(c2ccccc2)N(c2c(F)cccc2F)N1.Fc1cccc(F)c1N=NNc1c(F)cccc1F. The van der Waals surface area contributed by atoms with Crippen molar-refractivity contribution in [1.82, 2.24) is 5.53 Å². The summed E-state index contributed by atoms with van der Waals surface area (Å²) in [5.74, 6) is -4.40. The van der Waals surface area contributed by atoms with Crippen LogP contribution in [-0.2, 0) is 0 Å². The third-order valence-electron chi connectivity index (χ3n) is 7.26. The molecule has 0 spiro atoms. The van der Waals surface area contributed by atoms with E-state index in [1.54, 1.807) is 30.3 Å². The summed E-state index contributed by atoms with van der Waals surface area (Å²) in [5.41, 5.74) is 4.51. The molecule has 320 valence electrons. The summed E-state index contributed by atoms with van der Waals surface area (Å²) in [4.78, 5) is 0. The third-order valence-corrected chi connectivity index (χ3v) is 7.26. The van der Waals surface area contributed by atoms with Crippen LogP contribution in [0.5, 0.6) is 0 Å². The first kappa shape index (κ1) is 46.7. The van der Waals surface area contributed by atoms with Gasteiger partial charge in [0.1, 0.15) is 17.1 Å². The van der Waals surface area contributed by atoms with Crippen LogP contribution in [-0.4, -0.2) is 0 Å². The van der Waals surface area contributed by atoms with Crippen molar-refractivity contribution in [2.24, 2.45) is 10.3 Å². The van der Waals surface area contributed by atoms with Crippen LogP contribution < -0.4 is 21.0 Å². The van der Waals surface area contributed by atoms with Crippen LogP contribution in [0.2, 0.25) is 0 Å². The van der Waals surface area contributed by atoms with Gasteiger partial charge in [-0.25, -0.2) is 35.1 Å². The fraction of sp³-hybridized carbons (Fsp3) is 0. The van der Waals surface area contributed by atoms with E-state index in [1.165, 1.54) is 24.4 Å². The average Bonchev–Trinajstić information content (AvgIpc) is 3.61. The van der Waals surface area contributed by atoms with Crippen LogP contribution in [0.15, 0.2) is 150 Å². The molecule has 6 aromatic carbocycles. The van der Waals surface area contributed by atoms with Crippen LogP contribution in [0, 0.1) is 58.9 Å². The van der Waals surface area contributed by atoms with Crippen molar-refractivity contribution in [3.8, 4) is 12.3 Å². The van der Waals surface area contributed by atoms with E-state index in [1.807, 2.05) is 35.8 Å². The van der Waals surface area contributed by atoms with Gasteiger partial charge in [0.25, 0.3) is 0 Å². The number of anilines is 3. The summed E-state index contributed by atoms with van der Waals surface area (Å²) in [6, 6.07) is 31.5. The molecule has 0 atom stereocenters. The van der Waals surface area contributed by atoms with Gasteiger partial charge in [0.2, 0.25) is 0 Å². The number of para-hydroxylation sites is 3. The molecule has 7 rings (SSSR count). The Morgan fingerprint density at radius 3 is 1.33 bits per heavy atom. The van der Waals surface area contributed by atoms with Crippen molar-refractivity contribution in [2.45, 2.75) is 0 Å². The Morgan fingerprint density at radius 1 is 0.508 bits per heavy atom. The molecule has 0 unspecified atom stereocenters. The number of hydrazine groups is 2. The fourth-order valence-corrected chi connectivity index (χ4v) is 4.74.